The predicted molar refractivity (Wildman–Crippen MR) is 118 cm³/mol. The molecule has 1 saturated heterocycles. The molecule has 0 bridgehead atoms. The van der Waals surface area contributed by atoms with Gasteiger partial charge in [-0.15, -0.1) is 5.23 Å². The first-order valence-corrected chi connectivity index (χ1v) is 10.1. The molecule has 0 unspecified atom stereocenters. The third-order valence-corrected chi connectivity index (χ3v) is 5.30. The lowest BCUT2D eigenvalue weighted by atomic mass is 10.2. The normalized spacial score (nSPS) is 14.1. The van der Waals surface area contributed by atoms with Crippen LogP contribution in [0.15, 0.2) is 48.9 Å². The van der Waals surface area contributed by atoms with Crippen LogP contribution in [0.3, 0.4) is 0 Å². The third kappa shape index (κ3) is 3.91. The SMILES string of the molecule is Nc1ccc(-c2nc(N3CCOCC3)nc3c2ncn3Cc2cccc(N(O)O)c2)cn1. The quantitative estimate of drug-likeness (QED) is 0.399. The van der Waals surface area contributed by atoms with Gasteiger partial charge in [-0.05, 0) is 29.8 Å². The number of aromatic nitrogens is 5. The summed E-state index contributed by atoms with van der Waals surface area (Å²) in [6, 6.07) is 10.5. The lowest BCUT2D eigenvalue weighted by Gasteiger charge is -2.27. The first kappa shape index (κ1) is 20.1. The molecular formula is C21H22N8O3. The van der Waals surface area contributed by atoms with Crippen LogP contribution in [0.25, 0.3) is 22.4 Å². The van der Waals surface area contributed by atoms with E-state index in [9.17, 15) is 10.4 Å². The van der Waals surface area contributed by atoms with Crippen molar-refractivity contribution in [3.8, 4) is 11.3 Å². The molecule has 0 saturated carbocycles. The number of imidazole rings is 1. The molecule has 4 aromatic rings. The van der Waals surface area contributed by atoms with Crippen LogP contribution in [-0.2, 0) is 11.3 Å². The van der Waals surface area contributed by atoms with Crippen molar-refractivity contribution >= 4 is 28.6 Å². The maximum Gasteiger partial charge on any atom is 0.228 e. The molecule has 0 radical (unpaired) electrons. The van der Waals surface area contributed by atoms with E-state index in [0.29, 0.717) is 61.5 Å². The molecule has 1 fully saturated rings. The number of benzene rings is 1. The first-order chi connectivity index (χ1) is 15.6. The van der Waals surface area contributed by atoms with Gasteiger partial charge in [0, 0.05) is 24.8 Å². The van der Waals surface area contributed by atoms with Crippen molar-refractivity contribution in [2.45, 2.75) is 6.54 Å². The minimum absolute atomic E-state index is 0.0976. The van der Waals surface area contributed by atoms with Gasteiger partial charge in [-0.3, -0.25) is 10.4 Å². The van der Waals surface area contributed by atoms with Crippen LogP contribution in [0.5, 0.6) is 0 Å². The van der Waals surface area contributed by atoms with Gasteiger partial charge in [0.15, 0.2) is 5.65 Å². The Labute approximate surface area is 183 Å². The summed E-state index contributed by atoms with van der Waals surface area (Å²) >= 11 is 0. The maximum atomic E-state index is 9.33. The summed E-state index contributed by atoms with van der Waals surface area (Å²) in [5, 5.41) is 18.8. The van der Waals surface area contributed by atoms with E-state index in [4.69, 9.17) is 20.4 Å². The smallest absolute Gasteiger partial charge is 0.228 e. The largest absolute Gasteiger partial charge is 0.384 e. The van der Waals surface area contributed by atoms with Gasteiger partial charge >= 0.3 is 0 Å². The molecule has 164 valence electrons. The van der Waals surface area contributed by atoms with Crippen LogP contribution in [0.2, 0.25) is 0 Å². The van der Waals surface area contributed by atoms with Crippen molar-refractivity contribution in [1.29, 1.82) is 0 Å². The summed E-state index contributed by atoms with van der Waals surface area (Å²) < 4.78 is 7.38. The van der Waals surface area contributed by atoms with Gasteiger partial charge < -0.3 is 19.9 Å². The van der Waals surface area contributed by atoms with Gasteiger partial charge in [-0.1, -0.05) is 12.1 Å². The van der Waals surface area contributed by atoms with Crippen molar-refractivity contribution in [1.82, 2.24) is 24.5 Å². The number of nitrogens with zero attached hydrogens (tertiary/aromatic N) is 7. The van der Waals surface area contributed by atoms with Crippen molar-refractivity contribution in [2.75, 3.05) is 42.2 Å². The van der Waals surface area contributed by atoms with E-state index in [1.165, 1.54) is 0 Å². The van der Waals surface area contributed by atoms with Crippen LogP contribution in [-0.4, -0.2) is 61.2 Å². The summed E-state index contributed by atoms with van der Waals surface area (Å²) in [6.07, 6.45) is 3.39. The molecule has 0 aliphatic carbocycles. The second-order valence-electron chi connectivity index (χ2n) is 7.45. The van der Waals surface area contributed by atoms with Gasteiger partial charge in [-0.2, -0.15) is 4.98 Å². The Hall–Kier alpha value is -3.80. The Bertz CT molecular complexity index is 1240. The van der Waals surface area contributed by atoms with E-state index in [2.05, 4.69) is 14.9 Å². The minimum atomic E-state index is 0.0976. The summed E-state index contributed by atoms with van der Waals surface area (Å²) in [5.41, 5.74) is 9.68. The van der Waals surface area contributed by atoms with E-state index < -0.39 is 0 Å². The second-order valence-corrected chi connectivity index (χ2v) is 7.45. The molecule has 1 aliphatic heterocycles. The van der Waals surface area contributed by atoms with E-state index >= 15 is 0 Å². The van der Waals surface area contributed by atoms with Crippen molar-refractivity contribution in [3.63, 3.8) is 0 Å². The third-order valence-electron chi connectivity index (χ3n) is 5.30. The molecule has 5 rings (SSSR count). The zero-order valence-corrected chi connectivity index (χ0v) is 17.2. The molecule has 0 spiro atoms. The molecule has 1 aromatic carbocycles. The summed E-state index contributed by atoms with van der Waals surface area (Å²) in [5.74, 6) is 1.03. The Kier molecular flexibility index (Phi) is 5.27. The number of rotatable bonds is 5. The van der Waals surface area contributed by atoms with Crippen LogP contribution >= 0.6 is 0 Å². The first-order valence-electron chi connectivity index (χ1n) is 10.1. The van der Waals surface area contributed by atoms with E-state index in [-0.39, 0.29) is 10.9 Å². The number of anilines is 3. The van der Waals surface area contributed by atoms with Crippen LogP contribution in [0.1, 0.15) is 5.56 Å². The van der Waals surface area contributed by atoms with Crippen LogP contribution < -0.4 is 15.9 Å². The number of ether oxygens (including phenoxy) is 1. The zero-order valence-electron chi connectivity index (χ0n) is 17.2. The highest BCUT2D eigenvalue weighted by molar-refractivity contribution is 5.88. The maximum absolute atomic E-state index is 9.33. The molecule has 3 aromatic heterocycles. The Morgan fingerprint density at radius 1 is 1.06 bits per heavy atom. The standard InChI is InChI=1S/C21H22N8O3/c22-17-5-4-15(11-23-17)18-19-20(26-21(25-18)27-6-8-32-9-7-27)28(13-24-19)12-14-2-1-3-16(10-14)29(30)31/h1-5,10-11,13,30-31H,6-9,12H2,(H2,22,23). The number of fused-ring (bicyclic) bond motifs is 1. The average molecular weight is 434 g/mol. The molecule has 32 heavy (non-hydrogen) atoms. The molecule has 4 N–H and O–H groups in total. The second kappa shape index (κ2) is 8.38. The monoisotopic (exact) mass is 434 g/mol. The molecule has 1 aliphatic rings. The number of hydrogen-bond acceptors (Lipinski definition) is 10. The van der Waals surface area contributed by atoms with E-state index in [1.54, 1.807) is 36.8 Å². The minimum Gasteiger partial charge on any atom is -0.384 e. The Morgan fingerprint density at radius 3 is 2.66 bits per heavy atom. The number of pyridine rings is 1. The zero-order chi connectivity index (χ0) is 22.1. The lowest BCUT2D eigenvalue weighted by Crippen LogP contribution is -2.37. The molecule has 0 atom stereocenters. The summed E-state index contributed by atoms with van der Waals surface area (Å²) in [6.45, 7) is 3.07. The number of nitrogens with two attached hydrogens (primary N) is 1. The van der Waals surface area contributed by atoms with E-state index in [1.807, 2.05) is 16.7 Å². The van der Waals surface area contributed by atoms with Crippen LogP contribution in [0.4, 0.5) is 17.5 Å². The highest BCUT2D eigenvalue weighted by Crippen LogP contribution is 2.28. The molecule has 11 nitrogen and oxygen atoms in total. The molecule has 0 amide bonds. The topological polar surface area (TPSA) is 139 Å². The molecular weight excluding hydrogens is 412 g/mol. The fourth-order valence-electron chi connectivity index (χ4n) is 3.68. The molecule has 4 heterocycles. The summed E-state index contributed by atoms with van der Waals surface area (Å²) in [4.78, 5) is 20.5. The van der Waals surface area contributed by atoms with Gasteiger partial charge in [0.25, 0.3) is 0 Å². The Balaban J connectivity index is 1.61. The number of hydrogen-bond donors (Lipinski definition) is 3. The van der Waals surface area contributed by atoms with Crippen molar-refractivity contribution in [3.05, 3.63) is 54.5 Å². The van der Waals surface area contributed by atoms with Crippen molar-refractivity contribution < 1.29 is 15.2 Å². The lowest BCUT2D eigenvalue weighted by molar-refractivity contribution is 0.0291. The Morgan fingerprint density at radius 2 is 1.91 bits per heavy atom. The van der Waals surface area contributed by atoms with Gasteiger partial charge in [0.05, 0.1) is 31.8 Å². The van der Waals surface area contributed by atoms with Crippen LogP contribution in [0, 0.1) is 0 Å². The van der Waals surface area contributed by atoms with Gasteiger partial charge in [0.2, 0.25) is 5.95 Å². The highest BCUT2D eigenvalue weighted by Gasteiger charge is 2.20. The summed E-state index contributed by atoms with van der Waals surface area (Å²) in [7, 11) is 0. The molecule has 11 heteroatoms. The van der Waals surface area contributed by atoms with Gasteiger partial charge in [-0.25, -0.2) is 15.0 Å². The number of nitrogen functional groups attached to an aromatic ring is 1. The fourth-order valence-corrected chi connectivity index (χ4v) is 3.68. The average Bonchev–Trinajstić information content (AvgIpc) is 3.22. The fraction of sp³-hybridized carbons (Fsp3) is 0.238. The predicted octanol–water partition coefficient (Wildman–Crippen LogP) is 1.94. The number of morpholine rings is 1. The van der Waals surface area contributed by atoms with E-state index in [0.717, 1.165) is 11.1 Å². The highest BCUT2D eigenvalue weighted by atomic mass is 16.8. The van der Waals surface area contributed by atoms with Crippen molar-refractivity contribution in [2.24, 2.45) is 0 Å². The van der Waals surface area contributed by atoms with Gasteiger partial charge in [0.1, 0.15) is 17.0 Å².